The molecule has 0 unspecified atom stereocenters. The fourth-order valence-corrected chi connectivity index (χ4v) is 3.43. The van der Waals surface area contributed by atoms with Crippen molar-refractivity contribution in [2.45, 2.75) is 19.8 Å². The number of carbonyl (C=O) groups excluding carboxylic acids is 1. The lowest BCUT2D eigenvalue weighted by Crippen LogP contribution is -2.41. The zero-order valence-corrected chi connectivity index (χ0v) is 14.5. The van der Waals surface area contributed by atoms with Crippen molar-refractivity contribution >= 4 is 16.8 Å². The van der Waals surface area contributed by atoms with Gasteiger partial charge in [-0.1, -0.05) is 0 Å². The summed E-state index contributed by atoms with van der Waals surface area (Å²) in [7, 11) is 3.34. The topological polar surface area (TPSA) is 51.7 Å². The Balaban J connectivity index is 1.96. The molecule has 1 fully saturated rings. The molecule has 0 bridgehead atoms. The van der Waals surface area contributed by atoms with Crippen molar-refractivity contribution < 1.29 is 14.3 Å². The molecule has 1 aliphatic heterocycles. The lowest BCUT2D eigenvalue weighted by molar-refractivity contribution is 0.0572. The molecule has 3 rings (SSSR count). The van der Waals surface area contributed by atoms with Crippen LogP contribution in [-0.4, -0.2) is 49.7 Å². The van der Waals surface area contributed by atoms with Crippen molar-refractivity contribution in [2.24, 2.45) is 5.92 Å². The van der Waals surface area contributed by atoms with E-state index in [-0.39, 0.29) is 5.91 Å². The Kier molecular flexibility index (Phi) is 5.00. The maximum atomic E-state index is 13.1. The number of aryl methyl sites for hydroxylation is 1. The second-order valence-electron chi connectivity index (χ2n) is 6.41. The first-order chi connectivity index (χ1) is 11.6. The quantitative estimate of drug-likeness (QED) is 0.865. The van der Waals surface area contributed by atoms with Crippen LogP contribution >= 0.6 is 0 Å². The number of aromatic nitrogens is 1. The van der Waals surface area contributed by atoms with Gasteiger partial charge in [0.05, 0.1) is 24.8 Å². The summed E-state index contributed by atoms with van der Waals surface area (Å²) < 4.78 is 10.6. The highest BCUT2D eigenvalue weighted by Crippen LogP contribution is 2.26. The van der Waals surface area contributed by atoms with Gasteiger partial charge in [0.1, 0.15) is 5.75 Å². The van der Waals surface area contributed by atoms with Crippen LogP contribution in [0.3, 0.4) is 0 Å². The van der Waals surface area contributed by atoms with Crippen LogP contribution in [0.2, 0.25) is 0 Å². The van der Waals surface area contributed by atoms with Crippen molar-refractivity contribution in [3.05, 3.63) is 35.5 Å². The van der Waals surface area contributed by atoms with Gasteiger partial charge in [-0.2, -0.15) is 0 Å². The summed E-state index contributed by atoms with van der Waals surface area (Å²) in [6.07, 6.45) is 2.13. The summed E-state index contributed by atoms with van der Waals surface area (Å²) in [6.45, 7) is 4.17. The Hall–Kier alpha value is -2.14. The van der Waals surface area contributed by atoms with E-state index in [1.54, 1.807) is 14.2 Å². The minimum Gasteiger partial charge on any atom is -0.497 e. The van der Waals surface area contributed by atoms with Crippen LogP contribution in [0.4, 0.5) is 0 Å². The number of amides is 1. The normalized spacial score (nSPS) is 18.0. The van der Waals surface area contributed by atoms with Gasteiger partial charge in [0.15, 0.2) is 0 Å². The molecular weight excluding hydrogens is 304 g/mol. The number of ether oxygens (including phenoxy) is 2. The van der Waals surface area contributed by atoms with Crippen molar-refractivity contribution in [1.82, 2.24) is 9.88 Å². The monoisotopic (exact) mass is 328 g/mol. The van der Waals surface area contributed by atoms with E-state index in [1.165, 1.54) is 0 Å². The van der Waals surface area contributed by atoms with Crippen LogP contribution < -0.4 is 4.74 Å². The van der Waals surface area contributed by atoms with E-state index in [2.05, 4.69) is 4.98 Å². The minimum atomic E-state index is 0.0690. The summed E-state index contributed by atoms with van der Waals surface area (Å²) in [5.41, 5.74) is 2.38. The molecule has 0 saturated carbocycles. The number of benzene rings is 1. The molecule has 0 N–H and O–H groups in total. The lowest BCUT2D eigenvalue weighted by Gasteiger charge is -2.32. The predicted molar refractivity (Wildman–Crippen MR) is 93.5 cm³/mol. The summed E-state index contributed by atoms with van der Waals surface area (Å²) in [5, 5.41) is 0.846. The van der Waals surface area contributed by atoms with Gasteiger partial charge >= 0.3 is 0 Å². The van der Waals surface area contributed by atoms with E-state index in [9.17, 15) is 4.79 Å². The van der Waals surface area contributed by atoms with Crippen molar-refractivity contribution in [1.29, 1.82) is 0 Å². The average molecular weight is 328 g/mol. The van der Waals surface area contributed by atoms with Crippen molar-refractivity contribution in [2.75, 3.05) is 33.9 Å². The summed E-state index contributed by atoms with van der Waals surface area (Å²) in [4.78, 5) is 19.6. The van der Waals surface area contributed by atoms with Crippen molar-refractivity contribution in [3.8, 4) is 5.75 Å². The molecule has 1 aliphatic rings. The Bertz CT molecular complexity index is 743. The molecule has 5 heteroatoms. The molecule has 5 nitrogen and oxygen atoms in total. The summed E-state index contributed by atoms with van der Waals surface area (Å²) in [6, 6.07) is 7.55. The number of methoxy groups -OCH3 is 2. The van der Waals surface area contributed by atoms with E-state index in [4.69, 9.17) is 9.47 Å². The SMILES string of the molecule is COC[C@H]1CCCN(C(=O)c2cc(C)nc3ccc(OC)cc23)C1. The molecule has 1 amide bonds. The van der Waals surface area contributed by atoms with Crippen LogP contribution in [0.5, 0.6) is 5.75 Å². The van der Waals surface area contributed by atoms with E-state index in [0.717, 1.165) is 48.3 Å². The molecule has 24 heavy (non-hydrogen) atoms. The van der Waals surface area contributed by atoms with Gasteiger partial charge in [-0.15, -0.1) is 0 Å². The molecule has 0 radical (unpaired) electrons. The summed E-state index contributed by atoms with van der Waals surface area (Å²) >= 11 is 0. The third kappa shape index (κ3) is 3.36. The zero-order valence-electron chi connectivity index (χ0n) is 14.5. The largest absolute Gasteiger partial charge is 0.497 e. The lowest BCUT2D eigenvalue weighted by atomic mass is 9.97. The maximum absolute atomic E-state index is 13.1. The molecule has 2 aromatic rings. The van der Waals surface area contributed by atoms with Crippen LogP contribution in [0, 0.1) is 12.8 Å². The fourth-order valence-electron chi connectivity index (χ4n) is 3.43. The Morgan fingerprint density at radius 3 is 2.92 bits per heavy atom. The Morgan fingerprint density at radius 1 is 1.33 bits per heavy atom. The number of nitrogens with zero attached hydrogens (tertiary/aromatic N) is 2. The second-order valence-corrected chi connectivity index (χ2v) is 6.41. The van der Waals surface area contributed by atoms with Gasteiger partial charge in [0.2, 0.25) is 0 Å². The molecule has 1 aromatic carbocycles. The maximum Gasteiger partial charge on any atom is 0.254 e. The highest BCUT2D eigenvalue weighted by atomic mass is 16.5. The van der Waals surface area contributed by atoms with Gasteiger partial charge in [0.25, 0.3) is 5.91 Å². The molecular formula is C19H24N2O3. The molecule has 0 spiro atoms. The molecule has 128 valence electrons. The Labute approximate surface area is 142 Å². The van der Waals surface area contributed by atoms with Crippen LogP contribution in [0.15, 0.2) is 24.3 Å². The number of piperidine rings is 1. The van der Waals surface area contributed by atoms with Gasteiger partial charge in [-0.05, 0) is 49.9 Å². The van der Waals surface area contributed by atoms with E-state index < -0.39 is 0 Å². The number of hydrogen-bond donors (Lipinski definition) is 0. The number of carbonyl (C=O) groups is 1. The number of fused-ring (bicyclic) bond motifs is 1. The first kappa shape index (κ1) is 16.7. The number of likely N-dealkylation sites (tertiary alicyclic amines) is 1. The molecule has 1 aromatic heterocycles. The van der Waals surface area contributed by atoms with Crippen molar-refractivity contribution in [3.63, 3.8) is 0 Å². The van der Waals surface area contributed by atoms with E-state index >= 15 is 0 Å². The Morgan fingerprint density at radius 2 is 2.17 bits per heavy atom. The second kappa shape index (κ2) is 7.18. The number of hydrogen-bond acceptors (Lipinski definition) is 4. The highest BCUT2D eigenvalue weighted by molar-refractivity contribution is 6.06. The van der Waals surface area contributed by atoms with Crippen LogP contribution in [0.25, 0.3) is 10.9 Å². The molecule has 2 heterocycles. The van der Waals surface area contributed by atoms with Gasteiger partial charge in [0, 0.05) is 31.3 Å². The first-order valence-corrected chi connectivity index (χ1v) is 8.36. The fraction of sp³-hybridized carbons (Fsp3) is 0.474. The smallest absolute Gasteiger partial charge is 0.254 e. The van der Waals surface area contributed by atoms with E-state index in [1.807, 2.05) is 36.1 Å². The third-order valence-corrected chi connectivity index (χ3v) is 4.58. The van der Waals surface area contributed by atoms with Gasteiger partial charge < -0.3 is 14.4 Å². The zero-order chi connectivity index (χ0) is 17.1. The molecule has 1 atom stereocenters. The van der Waals surface area contributed by atoms with Gasteiger partial charge in [-0.25, -0.2) is 0 Å². The minimum absolute atomic E-state index is 0.0690. The van der Waals surface area contributed by atoms with Crippen LogP contribution in [0.1, 0.15) is 28.9 Å². The van der Waals surface area contributed by atoms with E-state index in [0.29, 0.717) is 18.1 Å². The first-order valence-electron chi connectivity index (χ1n) is 8.36. The predicted octanol–water partition coefficient (Wildman–Crippen LogP) is 3.05. The van der Waals surface area contributed by atoms with Crippen LogP contribution in [-0.2, 0) is 4.74 Å². The molecule has 0 aliphatic carbocycles. The van der Waals surface area contributed by atoms with Gasteiger partial charge in [-0.3, -0.25) is 9.78 Å². The third-order valence-electron chi connectivity index (χ3n) is 4.58. The highest BCUT2D eigenvalue weighted by Gasteiger charge is 2.26. The number of rotatable bonds is 4. The standard InChI is InChI=1S/C19H24N2O3/c1-13-9-17(16-10-15(24-3)6-7-18(16)20-13)19(22)21-8-4-5-14(11-21)12-23-2/h6-7,9-10,14H,4-5,8,11-12H2,1-3H3/t14-/m0/s1. The summed E-state index contributed by atoms with van der Waals surface area (Å²) in [5.74, 6) is 1.22. The molecule has 1 saturated heterocycles. The number of pyridine rings is 1. The average Bonchev–Trinajstić information content (AvgIpc) is 2.60.